The van der Waals surface area contributed by atoms with Crippen LogP contribution in [0.15, 0.2) is 6.20 Å². The molecule has 0 N–H and O–H groups in total. The Morgan fingerprint density at radius 2 is 2.57 bits per heavy atom. The van der Waals surface area contributed by atoms with Crippen LogP contribution in [0, 0.1) is 25.3 Å². The zero-order valence-corrected chi connectivity index (χ0v) is 4.02. The maximum atomic E-state index is 3.61. The number of aryl methyl sites for hydroxylation is 1. The van der Waals surface area contributed by atoms with Crippen molar-refractivity contribution in [3.8, 4) is 0 Å². The molecule has 0 fully saturated rings. The summed E-state index contributed by atoms with van der Waals surface area (Å²) in [6, 6.07) is 5.57. The summed E-state index contributed by atoms with van der Waals surface area (Å²) in [5, 5.41) is 0. The van der Waals surface area contributed by atoms with Gasteiger partial charge in [0.2, 0.25) is 0 Å². The topological polar surface area (TPSA) is 12.9 Å². The SMILES string of the molecule is Cc1[c][c]nc[c]1. The Balaban J connectivity index is 3.02. The van der Waals surface area contributed by atoms with Gasteiger partial charge in [0.05, 0.1) is 6.20 Å². The second-order valence-electron chi connectivity index (χ2n) is 1.26. The minimum atomic E-state index is 0.954. The molecule has 1 rings (SSSR count). The summed E-state index contributed by atoms with van der Waals surface area (Å²) in [4.78, 5) is 3.61. The van der Waals surface area contributed by atoms with E-state index in [2.05, 4.69) is 23.3 Å². The molecular formula is C6H4N. The molecule has 7 heavy (non-hydrogen) atoms. The van der Waals surface area contributed by atoms with Crippen LogP contribution in [0.3, 0.4) is 0 Å². The highest BCUT2D eigenvalue weighted by Gasteiger charge is 1.76. The molecule has 0 aromatic carbocycles. The van der Waals surface area contributed by atoms with Crippen molar-refractivity contribution in [2.75, 3.05) is 0 Å². The molecule has 1 aromatic rings. The van der Waals surface area contributed by atoms with E-state index in [1.54, 1.807) is 6.20 Å². The van der Waals surface area contributed by atoms with Crippen molar-refractivity contribution < 1.29 is 0 Å². The molecule has 33 valence electrons. The number of aromatic nitrogens is 1. The van der Waals surface area contributed by atoms with Gasteiger partial charge in [0.25, 0.3) is 0 Å². The van der Waals surface area contributed by atoms with Gasteiger partial charge in [-0.05, 0) is 12.5 Å². The van der Waals surface area contributed by atoms with Crippen molar-refractivity contribution in [2.24, 2.45) is 0 Å². The lowest BCUT2D eigenvalue weighted by Gasteiger charge is -1.79. The smallest absolute Gasteiger partial charge is 0.0974 e. The lowest BCUT2D eigenvalue weighted by Crippen LogP contribution is -1.71. The van der Waals surface area contributed by atoms with Crippen molar-refractivity contribution in [3.63, 3.8) is 0 Å². The Bertz CT molecular complexity index is 134. The minimum Gasteiger partial charge on any atom is -0.253 e. The molecule has 0 atom stereocenters. The van der Waals surface area contributed by atoms with E-state index in [0.29, 0.717) is 0 Å². The quantitative estimate of drug-likeness (QED) is 0.459. The van der Waals surface area contributed by atoms with Crippen molar-refractivity contribution in [2.45, 2.75) is 6.92 Å². The molecule has 1 heterocycles. The van der Waals surface area contributed by atoms with Crippen LogP contribution in [0.25, 0.3) is 0 Å². The maximum absolute atomic E-state index is 3.61. The predicted molar refractivity (Wildman–Crippen MR) is 25.5 cm³/mol. The van der Waals surface area contributed by atoms with Crippen molar-refractivity contribution in [1.29, 1.82) is 0 Å². The number of pyridine rings is 1. The Labute approximate surface area is 43.0 Å². The van der Waals surface area contributed by atoms with Crippen molar-refractivity contribution in [3.05, 3.63) is 30.1 Å². The molecule has 1 heteroatoms. The van der Waals surface area contributed by atoms with Crippen LogP contribution in [0.5, 0.6) is 0 Å². The van der Waals surface area contributed by atoms with Crippen LogP contribution < -0.4 is 0 Å². The summed E-state index contributed by atoms with van der Waals surface area (Å²) in [6.45, 7) is 1.90. The van der Waals surface area contributed by atoms with Gasteiger partial charge in [0.1, 0.15) is 0 Å². The highest BCUT2D eigenvalue weighted by Crippen LogP contribution is 1.85. The minimum absolute atomic E-state index is 0.954. The van der Waals surface area contributed by atoms with Crippen LogP contribution in [0.4, 0.5) is 0 Å². The molecule has 0 spiro atoms. The Hall–Kier alpha value is -0.850. The first-order chi connectivity index (χ1) is 3.39. The molecule has 0 aliphatic rings. The van der Waals surface area contributed by atoms with Crippen LogP contribution in [-0.4, -0.2) is 4.98 Å². The third-order valence-corrected chi connectivity index (χ3v) is 0.654. The second-order valence-corrected chi connectivity index (χ2v) is 1.26. The Morgan fingerprint density at radius 1 is 1.71 bits per heavy atom. The summed E-state index contributed by atoms with van der Waals surface area (Å²) >= 11 is 0. The summed E-state index contributed by atoms with van der Waals surface area (Å²) in [6.07, 6.45) is 4.13. The first-order valence-corrected chi connectivity index (χ1v) is 2.02. The molecule has 0 saturated heterocycles. The van der Waals surface area contributed by atoms with E-state index < -0.39 is 0 Å². The fraction of sp³-hybridized carbons (Fsp3) is 0.167. The van der Waals surface area contributed by atoms with E-state index in [0.717, 1.165) is 5.56 Å². The third kappa shape index (κ3) is 1.000. The van der Waals surface area contributed by atoms with E-state index in [9.17, 15) is 0 Å². The summed E-state index contributed by atoms with van der Waals surface area (Å²) < 4.78 is 0. The first-order valence-electron chi connectivity index (χ1n) is 2.02. The monoisotopic (exact) mass is 90.0 g/mol. The van der Waals surface area contributed by atoms with E-state index in [4.69, 9.17) is 0 Å². The molecule has 0 saturated carbocycles. The average Bonchev–Trinajstić information content (AvgIpc) is 1.69. The Morgan fingerprint density at radius 3 is 2.86 bits per heavy atom. The fourth-order valence-corrected chi connectivity index (χ4v) is 0.314. The average molecular weight is 90.1 g/mol. The maximum Gasteiger partial charge on any atom is 0.0974 e. The van der Waals surface area contributed by atoms with Gasteiger partial charge in [-0.1, -0.05) is 0 Å². The van der Waals surface area contributed by atoms with Gasteiger partial charge in [-0.25, -0.2) is 0 Å². The Kier molecular flexibility index (Phi) is 1.07. The molecule has 1 aromatic heterocycles. The van der Waals surface area contributed by atoms with E-state index in [1.807, 2.05) is 6.92 Å². The number of nitrogens with zero attached hydrogens (tertiary/aromatic N) is 1. The molecule has 3 radical (unpaired) electrons. The summed E-state index contributed by atoms with van der Waals surface area (Å²) in [5.41, 5.74) is 0.954. The van der Waals surface area contributed by atoms with Crippen LogP contribution >= 0.6 is 0 Å². The first kappa shape index (κ1) is 4.31. The summed E-state index contributed by atoms with van der Waals surface area (Å²) in [5.74, 6) is 0. The van der Waals surface area contributed by atoms with Gasteiger partial charge in [0.15, 0.2) is 0 Å². The van der Waals surface area contributed by atoms with Crippen molar-refractivity contribution in [1.82, 2.24) is 4.98 Å². The lowest BCUT2D eigenvalue weighted by atomic mass is 10.3. The zero-order valence-electron chi connectivity index (χ0n) is 4.02. The third-order valence-electron chi connectivity index (χ3n) is 0.654. The highest BCUT2D eigenvalue weighted by atomic mass is 14.6. The number of hydrogen-bond acceptors (Lipinski definition) is 1. The lowest BCUT2D eigenvalue weighted by molar-refractivity contribution is 1.26. The fourth-order valence-electron chi connectivity index (χ4n) is 0.314. The van der Waals surface area contributed by atoms with E-state index in [-0.39, 0.29) is 0 Å². The number of hydrogen-bond donors (Lipinski definition) is 0. The van der Waals surface area contributed by atoms with Gasteiger partial charge in [-0.2, -0.15) is 0 Å². The highest BCUT2D eigenvalue weighted by molar-refractivity contribution is 5.00. The standard InChI is InChI=1S/C6H4N/c1-6-2-4-7-5-3-6/h4H,1H3. The van der Waals surface area contributed by atoms with Gasteiger partial charge >= 0.3 is 0 Å². The molecule has 0 aliphatic heterocycles. The summed E-state index contributed by atoms with van der Waals surface area (Å²) in [7, 11) is 0. The molecule has 0 aliphatic carbocycles. The molecule has 0 amide bonds. The molecule has 0 unspecified atom stereocenters. The van der Waals surface area contributed by atoms with Crippen LogP contribution in [-0.2, 0) is 0 Å². The molecule has 1 nitrogen and oxygen atoms in total. The molecular weight excluding hydrogens is 86.1 g/mol. The van der Waals surface area contributed by atoms with Crippen molar-refractivity contribution >= 4 is 0 Å². The van der Waals surface area contributed by atoms with Gasteiger partial charge in [0, 0.05) is 18.3 Å². The zero-order chi connectivity index (χ0) is 5.11. The van der Waals surface area contributed by atoms with Gasteiger partial charge < -0.3 is 0 Å². The normalized spacial score (nSPS) is 8.71. The predicted octanol–water partition coefficient (Wildman–Crippen LogP) is 0.791. The number of rotatable bonds is 0. The second kappa shape index (κ2) is 1.73. The largest absolute Gasteiger partial charge is 0.253 e. The van der Waals surface area contributed by atoms with Crippen LogP contribution in [0.2, 0.25) is 0 Å². The van der Waals surface area contributed by atoms with Gasteiger partial charge in [-0.3, -0.25) is 4.98 Å². The van der Waals surface area contributed by atoms with Crippen LogP contribution in [0.1, 0.15) is 5.56 Å². The van der Waals surface area contributed by atoms with Gasteiger partial charge in [-0.15, -0.1) is 0 Å². The van der Waals surface area contributed by atoms with E-state index >= 15 is 0 Å². The van der Waals surface area contributed by atoms with E-state index in [1.165, 1.54) is 0 Å². The molecule has 0 bridgehead atoms.